The molecule has 1 atom stereocenters. The molecule has 0 radical (unpaired) electrons. The molecule has 4 heterocycles. The molecule has 0 aliphatic carbocycles. The van der Waals surface area contributed by atoms with E-state index in [-0.39, 0.29) is 36.2 Å². The van der Waals surface area contributed by atoms with E-state index in [0.29, 0.717) is 41.9 Å². The summed E-state index contributed by atoms with van der Waals surface area (Å²) in [7, 11) is 0. The first kappa shape index (κ1) is 25.8. The van der Waals surface area contributed by atoms with Gasteiger partial charge in [0.05, 0.1) is 23.5 Å². The summed E-state index contributed by atoms with van der Waals surface area (Å²) in [5.41, 5.74) is 3.31. The number of allylic oxidation sites excluding steroid dienone is 1. The second-order valence-electron chi connectivity index (χ2n) is 9.94. The number of hydrogen-bond donors (Lipinski definition) is 4. The molecule has 2 aliphatic rings. The maximum Gasteiger partial charge on any atom is 0.241 e. The number of hydrogen-bond acceptors (Lipinski definition) is 9. The van der Waals surface area contributed by atoms with E-state index in [1.54, 1.807) is 10.6 Å². The monoisotopic (exact) mass is 518 g/mol. The number of carbonyl (C=O) groups is 2. The molecule has 38 heavy (non-hydrogen) atoms. The van der Waals surface area contributed by atoms with Crippen molar-refractivity contribution in [3.05, 3.63) is 53.7 Å². The van der Waals surface area contributed by atoms with Crippen molar-refractivity contribution in [3.8, 4) is 0 Å². The predicted molar refractivity (Wildman–Crippen MR) is 146 cm³/mol. The summed E-state index contributed by atoms with van der Waals surface area (Å²) in [5, 5.41) is 17.3. The molecule has 2 fully saturated rings. The normalized spacial score (nSPS) is 17.7. The van der Waals surface area contributed by atoms with E-state index in [1.807, 2.05) is 18.3 Å². The fourth-order valence-corrected chi connectivity index (χ4v) is 4.66. The van der Waals surface area contributed by atoms with Gasteiger partial charge in [0.15, 0.2) is 11.4 Å². The molecule has 0 bridgehead atoms. The van der Waals surface area contributed by atoms with Crippen LogP contribution in [0.5, 0.6) is 0 Å². The minimum absolute atomic E-state index is 0.154. The number of nitrogens with one attached hydrogen (secondary N) is 4. The van der Waals surface area contributed by atoms with Gasteiger partial charge < -0.3 is 26.0 Å². The third-order valence-electron chi connectivity index (χ3n) is 6.99. The molecular weight excluding hydrogens is 484 g/mol. The molecule has 2 aliphatic heterocycles. The summed E-state index contributed by atoms with van der Waals surface area (Å²) in [6.45, 7) is 10.4. The highest BCUT2D eigenvalue weighted by Gasteiger charge is 2.26. The lowest BCUT2D eigenvalue weighted by Gasteiger charge is -2.26. The Bertz CT molecular complexity index is 1340. The van der Waals surface area contributed by atoms with E-state index >= 15 is 0 Å². The van der Waals surface area contributed by atoms with E-state index in [4.69, 9.17) is 14.7 Å². The molecule has 3 aromatic rings. The second-order valence-corrected chi connectivity index (χ2v) is 9.94. The van der Waals surface area contributed by atoms with Crippen molar-refractivity contribution in [1.82, 2.24) is 24.9 Å². The van der Waals surface area contributed by atoms with Crippen LogP contribution in [0.25, 0.3) is 5.65 Å². The van der Waals surface area contributed by atoms with Crippen LogP contribution in [0.4, 0.5) is 17.6 Å². The van der Waals surface area contributed by atoms with Crippen molar-refractivity contribution in [3.63, 3.8) is 0 Å². The van der Waals surface area contributed by atoms with Gasteiger partial charge in [-0.1, -0.05) is 32.6 Å². The molecule has 0 spiro atoms. The predicted octanol–water partition coefficient (Wildman–Crippen LogP) is 3.12. The SMILES string of the molecule is C=CC(=O)c1c(CNc2nc(NC3CCOCC3)nc3c(C(C)C)cnn23)cccc1NC(=O)[C@H]1CCN1. The van der Waals surface area contributed by atoms with Crippen LogP contribution in [-0.2, 0) is 16.1 Å². The van der Waals surface area contributed by atoms with E-state index in [1.165, 1.54) is 6.08 Å². The molecule has 0 unspecified atom stereocenters. The van der Waals surface area contributed by atoms with Gasteiger partial charge in [0.1, 0.15) is 0 Å². The first-order chi connectivity index (χ1) is 18.4. The summed E-state index contributed by atoms with van der Waals surface area (Å²) in [4.78, 5) is 35.0. The van der Waals surface area contributed by atoms with Gasteiger partial charge in [-0.25, -0.2) is 0 Å². The Kier molecular flexibility index (Phi) is 7.66. The summed E-state index contributed by atoms with van der Waals surface area (Å²) in [6, 6.07) is 5.39. The van der Waals surface area contributed by atoms with Gasteiger partial charge in [-0.15, -0.1) is 0 Å². The van der Waals surface area contributed by atoms with Crippen molar-refractivity contribution in [1.29, 1.82) is 0 Å². The summed E-state index contributed by atoms with van der Waals surface area (Å²) < 4.78 is 7.17. The highest BCUT2D eigenvalue weighted by molar-refractivity contribution is 6.11. The van der Waals surface area contributed by atoms with Crippen molar-refractivity contribution < 1.29 is 14.3 Å². The van der Waals surface area contributed by atoms with Crippen LogP contribution in [0.2, 0.25) is 0 Å². The molecule has 11 heteroatoms. The number of benzene rings is 1. The first-order valence-corrected chi connectivity index (χ1v) is 13.1. The average molecular weight is 519 g/mol. The van der Waals surface area contributed by atoms with E-state index < -0.39 is 0 Å². The number of rotatable bonds is 10. The summed E-state index contributed by atoms with van der Waals surface area (Å²) in [6.07, 6.45) is 5.62. The number of aromatic nitrogens is 4. The molecule has 4 N–H and O–H groups in total. The van der Waals surface area contributed by atoms with Gasteiger partial charge in [-0.3, -0.25) is 9.59 Å². The number of ether oxygens (including phenoxy) is 1. The lowest BCUT2D eigenvalue weighted by molar-refractivity contribution is -0.119. The lowest BCUT2D eigenvalue weighted by Crippen LogP contribution is -2.51. The number of nitrogens with zero attached hydrogens (tertiary/aromatic N) is 4. The van der Waals surface area contributed by atoms with Gasteiger partial charge >= 0.3 is 0 Å². The summed E-state index contributed by atoms with van der Waals surface area (Å²) in [5.74, 6) is 0.828. The van der Waals surface area contributed by atoms with Crippen LogP contribution in [0.3, 0.4) is 0 Å². The van der Waals surface area contributed by atoms with Gasteiger partial charge in [-0.05, 0) is 49.4 Å². The molecule has 2 aromatic heterocycles. The van der Waals surface area contributed by atoms with Crippen LogP contribution >= 0.6 is 0 Å². The fourth-order valence-electron chi connectivity index (χ4n) is 4.66. The number of anilines is 3. The van der Waals surface area contributed by atoms with Crippen molar-refractivity contribution in [2.24, 2.45) is 0 Å². The molecule has 2 saturated heterocycles. The van der Waals surface area contributed by atoms with Crippen LogP contribution in [0.15, 0.2) is 37.1 Å². The standard InChI is InChI=1S/C27H34N8O3/c1-4-22(36)23-17(6-5-7-20(23)32-25(37)21-8-11-28-21)14-29-27-34-26(31-18-9-12-38-13-10-18)33-24-19(16(2)3)15-30-35(24)27/h4-7,15-16,18,21,28H,1,8-14H2,2-3H3,(H,32,37)(H2,29,31,33,34)/t21-/m1/s1. The Balaban J connectivity index is 1.45. The van der Waals surface area contributed by atoms with Crippen LogP contribution < -0.4 is 21.3 Å². The average Bonchev–Trinajstić information content (AvgIpc) is 3.31. The van der Waals surface area contributed by atoms with Gasteiger partial charge in [0.2, 0.25) is 17.8 Å². The van der Waals surface area contributed by atoms with Gasteiger partial charge in [0.25, 0.3) is 0 Å². The van der Waals surface area contributed by atoms with Gasteiger partial charge in [-0.2, -0.15) is 19.6 Å². The molecule has 1 amide bonds. The number of fused-ring (bicyclic) bond motifs is 1. The van der Waals surface area contributed by atoms with Gasteiger partial charge in [0, 0.05) is 31.4 Å². The molecule has 0 saturated carbocycles. The number of amides is 1. The zero-order chi connectivity index (χ0) is 26.6. The van der Waals surface area contributed by atoms with E-state index in [2.05, 4.69) is 46.8 Å². The third kappa shape index (κ3) is 5.39. The highest BCUT2D eigenvalue weighted by atomic mass is 16.5. The first-order valence-electron chi connectivity index (χ1n) is 13.1. The molecule has 1 aromatic carbocycles. The number of ketones is 1. The van der Waals surface area contributed by atoms with Crippen molar-refractivity contribution in [2.75, 3.05) is 35.7 Å². The third-order valence-corrected chi connectivity index (χ3v) is 6.99. The Hall–Kier alpha value is -3.83. The van der Waals surface area contributed by atoms with E-state index in [0.717, 1.165) is 37.0 Å². The molecule has 200 valence electrons. The maximum absolute atomic E-state index is 12.9. The zero-order valence-corrected chi connectivity index (χ0v) is 21.8. The number of carbonyl (C=O) groups excluding carboxylic acids is 2. The largest absolute Gasteiger partial charge is 0.381 e. The lowest BCUT2D eigenvalue weighted by atomic mass is 10.00. The highest BCUT2D eigenvalue weighted by Crippen LogP contribution is 2.26. The quantitative estimate of drug-likeness (QED) is 0.236. The minimum atomic E-state index is -0.268. The topological polar surface area (TPSA) is 135 Å². The van der Waals surface area contributed by atoms with Crippen molar-refractivity contribution in [2.45, 2.75) is 57.7 Å². The maximum atomic E-state index is 12.9. The Labute approximate surface area is 221 Å². The zero-order valence-electron chi connectivity index (χ0n) is 21.8. The molecule has 11 nitrogen and oxygen atoms in total. The Morgan fingerprint density at radius 1 is 1.24 bits per heavy atom. The Morgan fingerprint density at radius 2 is 2.03 bits per heavy atom. The van der Waals surface area contributed by atoms with E-state index in [9.17, 15) is 9.59 Å². The minimum Gasteiger partial charge on any atom is -0.381 e. The molecule has 5 rings (SSSR count). The smallest absolute Gasteiger partial charge is 0.241 e. The van der Waals surface area contributed by atoms with Crippen LogP contribution in [-0.4, -0.2) is 63.1 Å². The Morgan fingerprint density at radius 3 is 2.71 bits per heavy atom. The second kappa shape index (κ2) is 11.3. The molecular formula is C27H34N8O3. The van der Waals surface area contributed by atoms with Crippen LogP contribution in [0.1, 0.15) is 60.5 Å². The van der Waals surface area contributed by atoms with Crippen LogP contribution in [0, 0.1) is 0 Å². The van der Waals surface area contributed by atoms with Crippen molar-refractivity contribution >= 4 is 34.9 Å². The fraction of sp³-hybridized carbons (Fsp3) is 0.444. The summed E-state index contributed by atoms with van der Waals surface area (Å²) >= 11 is 0.